The number of hydrogen-bond acceptors (Lipinski definition) is 1. The molecule has 0 N–H and O–H groups in total. The molecule has 2 nitrogen and oxygen atoms in total. The Morgan fingerprint density at radius 2 is 2.18 bits per heavy atom. The summed E-state index contributed by atoms with van der Waals surface area (Å²) in [7, 11) is 0. The number of aromatic nitrogens is 2. The van der Waals surface area contributed by atoms with E-state index in [4.69, 9.17) is 11.6 Å². The van der Waals surface area contributed by atoms with Gasteiger partial charge in [0.1, 0.15) is 5.82 Å². The van der Waals surface area contributed by atoms with E-state index in [2.05, 4.69) is 41.6 Å². The number of benzene rings is 1. The molecule has 1 aliphatic carbocycles. The molecule has 1 heterocycles. The molecular weight excluding hydrogens is 232 g/mol. The molecule has 1 fully saturated rings. The summed E-state index contributed by atoms with van der Waals surface area (Å²) in [6.45, 7) is 4.41. The molecule has 3 rings (SSSR count). The van der Waals surface area contributed by atoms with E-state index < -0.39 is 0 Å². The van der Waals surface area contributed by atoms with Crippen LogP contribution in [-0.4, -0.2) is 9.55 Å². The first-order chi connectivity index (χ1) is 8.14. The van der Waals surface area contributed by atoms with Gasteiger partial charge in [-0.05, 0) is 50.8 Å². The molecule has 0 unspecified atom stereocenters. The van der Waals surface area contributed by atoms with Crippen LogP contribution in [0, 0.1) is 6.92 Å². The Kier molecular flexibility index (Phi) is 2.44. The van der Waals surface area contributed by atoms with Crippen LogP contribution in [0.1, 0.15) is 37.6 Å². The van der Waals surface area contributed by atoms with Crippen LogP contribution < -0.4 is 0 Å². The van der Waals surface area contributed by atoms with E-state index >= 15 is 0 Å². The monoisotopic (exact) mass is 248 g/mol. The summed E-state index contributed by atoms with van der Waals surface area (Å²) in [5.74, 6) is 1.50. The van der Waals surface area contributed by atoms with Gasteiger partial charge in [-0.25, -0.2) is 4.98 Å². The maximum atomic E-state index is 6.05. The van der Waals surface area contributed by atoms with Crippen molar-refractivity contribution in [2.45, 2.75) is 44.5 Å². The van der Waals surface area contributed by atoms with Crippen LogP contribution in [0.5, 0.6) is 0 Å². The highest BCUT2D eigenvalue weighted by Crippen LogP contribution is 2.41. The van der Waals surface area contributed by atoms with Gasteiger partial charge in [0.2, 0.25) is 0 Å². The highest BCUT2D eigenvalue weighted by atomic mass is 35.5. The molecule has 3 heteroatoms. The number of aryl methyl sites for hydroxylation is 1. The van der Waals surface area contributed by atoms with Gasteiger partial charge in [0.25, 0.3) is 0 Å². The van der Waals surface area contributed by atoms with Crippen LogP contribution in [0.25, 0.3) is 11.0 Å². The maximum Gasteiger partial charge on any atom is 0.125 e. The van der Waals surface area contributed by atoms with Gasteiger partial charge in [0.15, 0.2) is 0 Å². The predicted octanol–water partition coefficient (Wildman–Crippen LogP) is 3.98. The summed E-state index contributed by atoms with van der Waals surface area (Å²) in [6, 6.07) is 6.47. The van der Waals surface area contributed by atoms with Crippen molar-refractivity contribution in [2.75, 3.05) is 0 Å². The minimum Gasteiger partial charge on any atom is -0.321 e. The smallest absolute Gasteiger partial charge is 0.125 e. The van der Waals surface area contributed by atoms with Crippen molar-refractivity contribution in [3.63, 3.8) is 0 Å². The van der Waals surface area contributed by atoms with Crippen molar-refractivity contribution < 1.29 is 0 Å². The Balaban J connectivity index is 2.27. The van der Waals surface area contributed by atoms with Gasteiger partial charge < -0.3 is 4.57 Å². The average Bonchev–Trinajstić information content (AvgIpc) is 2.63. The lowest BCUT2D eigenvalue weighted by Crippen LogP contribution is -2.38. The summed E-state index contributed by atoms with van der Waals surface area (Å²) in [6.07, 6.45) is 3.77. The predicted molar refractivity (Wildman–Crippen MR) is 71.5 cm³/mol. The molecule has 0 radical (unpaired) electrons. The molecule has 0 saturated heterocycles. The highest BCUT2D eigenvalue weighted by molar-refractivity contribution is 6.16. The van der Waals surface area contributed by atoms with Crippen LogP contribution in [0.4, 0.5) is 0 Å². The third kappa shape index (κ3) is 1.58. The van der Waals surface area contributed by atoms with E-state index in [1.807, 2.05) is 0 Å². The molecule has 0 bridgehead atoms. The number of imidazole rings is 1. The van der Waals surface area contributed by atoms with Gasteiger partial charge in [0.05, 0.1) is 16.9 Å². The van der Waals surface area contributed by atoms with Crippen molar-refractivity contribution in [3.05, 3.63) is 29.6 Å². The second-order valence-electron chi connectivity index (χ2n) is 5.34. The number of nitrogens with zero attached hydrogens (tertiary/aromatic N) is 2. The number of alkyl halides is 1. The van der Waals surface area contributed by atoms with Gasteiger partial charge >= 0.3 is 0 Å². The molecule has 0 amide bonds. The van der Waals surface area contributed by atoms with Crippen LogP contribution in [0.2, 0.25) is 0 Å². The van der Waals surface area contributed by atoms with Crippen molar-refractivity contribution in [3.8, 4) is 0 Å². The summed E-state index contributed by atoms with van der Waals surface area (Å²) < 4.78 is 2.36. The first kappa shape index (κ1) is 11.1. The molecule has 17 heavy (non-hydrogen) atoms. The molecule has 1 saturated carbocycles. The Labute approximate surface area is 107 Å². The highest BCUT2D eigenvalue weighted by Gasteiger charge is 2.36. The lowest BCUT2D eigenvalue weighted by atomic mass is 9.78. The van der Waals surface area contributed by atoms with Gasteiger partial charge in [-0.2, -0.15) is 0 Å². The van der Waals surface area contributed by atoms with Crippen LogP contribution in [0.3, 0.4) is 0 Å². The number of rotatable bonds is 2. The molecule has 1 aromatic carbocycles. The Hall–Kier alpha value is -1.02. The second kappa shape index (κ2) is 3.74. The minimum atomic E-state index is 0.230. The van der Waals surface area contributed by atoms with E-state index in [9.17, 15) is 0 Å². The maximum absolute atomic E-state index is 6.05. The Bertz CT molecular complexity index is 567. The lowest BCUT2D eigenvalue weighted by molar-refractivity contribution is 0.171. The first-order valence-corrected chi connectivity index (χ1v) is 6.72. The zero-order chi connectivity index (χ0) is 12.0. The molecule has 1 aliphatic rings. The minimum absolute atomic E-state index is 0.230. The van der Waals surface area contributed by atoms with E-state index in [0.29, 0.717) is 5.88 Å². The van der Waals surface area contributed by atoms with E-state index in [0.717, 1.165) is 11.3 Å². The van der Waals surface area contributed by atoms with Crippen LogP contribution in [0.15, 0.2) is 18.2 Å². The summed E-state index contributed by atoms with van der Waals surface area (Å²) in [4.78, 5) is 4.67. The fourth-order valence-electron chi connectivity index (χ4n) is 2.84. The van der Waals surface area contributed by atoms with Crippen molar-refractivity contribution in [2.24, 2.45) is 0 Å². The topological polar surface area (TPSA) is 17.8 Å². The zero-order valence-corrected chi connectivity index (χ0v) is 11.1. The van der Waals surface area contributed by atoms with Gasteiger partial charge in [-0.1, -0.05) is 6.07 Å². The van der Waals surface area contributed by atoms with E-state index in [1.165, 1.54) is 30.3 Å². The molecule has 2 aromatic rings. The average molecular weight is 249 g/mol. The first-order valence-electron chi connectivity index (χ1n) is 6.18. The molecule has 0 atom stereocenters. The quantitative estimate of drug-likeness (QED) is 0.735. The molecule has 0 aliphatic heterocycles. The van der Waals surface area contributed by atoms with Crippen molar-refractivity contribution in [1.29, 1.82) is 0 Å². The lowest BCUT2D eigenvalue weighted by Gasteiger charge is -2.41. The van der Waals surface area contributed by atoms with Crippen LogP contribution in [-0.2, 0) is 11.4 Å². The Morgan fingerprint density at radius 1 is 1.41 bits per heavy atom. The third-order valence-electron chi connectivity index (χ3n) is 3.97. The molecule has 1 aromatic heterocycles. The van der Waals surface area contributed by atoms with Crippen molar-refractivity contribution in [1.82, 2.24) is 9.55 Å². The SMILES string of the molecule is Cc1ccc2c(c1)nc(CCl)n2C1(C)CCC1. The van der Waals surface area contributed by atoms with E-state index in [1.54, 1.807) is 0 Å². The number of fused-ring (bicyclic) bond motifs is 1. The van der Waals surface area contributed by atoms with Gasteiger partial charge in [-0.3, -0.25) is 0 Å². The van der Waals surface area contributed by atoms with Crippen LogP contribution >= 0.6 is 11.6 Å². The molecule has 0 spiro atoms. The largest absolute Gasteiger partial charge is 0.321 e. The fraction of sp³-hybridized carbons (Fsp3) is 0.500. The number of halogens is 1. The normalized spacial score (nSPS) is 18.3. The number of hydrogen-bond donors (Lipinski definition) is 0. The van der Waals surface area contributed by atoms with Gasteiger partial charge in [-0.15, -0.1) is 11.6 Å². The third-order valence-corrected chi connectivity index (χ3v) is 4.21. The summed E-state index contributed by atoms with van der Waals surface area (Å²) >= 11 is 6.05. The Morgan fingerprint density at radius 3 is 2.76 bits per heavy atom. The van der Waals surface area contributed by atoms with Crippen molar-refractivity contribution >= 4 is 22.6 Å². The van der Waals surface area contributed by atoms with Gasteiger partial charge in [0, 0.05) is 5.54 Å². The standard InChI is InChI=1S/C14H17ClN2/c1-10-4-5-12-11(8-10)16-13(9-15)17(12)14(2)6-3-7-14/h4-5,8H,3,6-7,9H2,1-2H3. The van der Waals surface area contributed by atoms with E-state index in [-0.39, 0.29) is 5.54 Å². The summed E-state index contributed by atoms with van der Waals surface area (Å²) in [5.41, 5.74) is 3.79. The second-order valence-corrected chi connectivity index (χ2v) is 5.61. The fourth-order valence-corrected chi connectivity index (χ4v) is 3.02. The molecule has 90 valence electrons. The zero-order valence-electron chi connectivity index (χ0n) is 10.3. The summed E-state index contributed by atoms with van der Waals surface area (Å²) in [5, 5.41) is 0. The molecular formula is C14H17ClN2.